The maximum atomic E-state index is 3.46. The van der Waals surface area contributed by atoms with Gasteiger partial charge in [-0.1, -0.05) is 28.1 Å². The number of hydrogen-bond acceptors (Lipinski definition) is 2. The van der Waals surface area contributed by atoms with Crippen molar-refractivity contribution in [3.63, 3.8) is 0 Å². The van der Waals surface area contributed by atoms with Crippen LogP contribution in [0.4, 0.5) is 5.69 Å². The molecule has 0 unspecified atom stereocenters. The molecule has 14 heavy (non-hydrogen) atoms. The van der Waals surface area contributed by atoms with Crippen LogP contribution in [0.2, 0.25) is 0 Å². The van der Waals surface area contributed by atoms with Crippen LogP contribution in [0.25, 0.3) is 10.1 Å². The van der Waals surface area contributed by atoms with E-state index in [0.717, 1.165) is 18.3 Å². The summed E-state index contributed by atoms with van der Waals surface area (Å²) in [5.74, 6) is 0. The van der Waals surface area contributed by atoms with Gasteiger partial charge in [0.2, 0.25) is 0 Å². The summed E-state index contributed by atoms with van der Waals surface area (Å²) in [6.45, 7) is 1.03. The molecule has 0 aliphatic heterocycles. The minimum atomic E-state index is 1.03. The molecule has 3 heteroatoms. The number of alkyl halides is 1. The third kappa shape index (κ3) is 2.10. The fourth-order valence-electron chi connectivity index (χ4n) is 1.42. The Labute approximate surface area is 96.3 Å². The molecule has 1 nitrogen and oxygen atoms in total. The van der Waals surface area contributed by atoms with Gasteiger partial charge in [0.1, 0.15) is 0 Å². The van der Waals surface area contributed by atoms with Crippen LogP contribution >= 0.6 is 27.3 Å². The fraction of sp³-hybridized carbons (Fsp3) is 0.273. The molecule has 2 aromatic rings. The first-order valence-corrected chi connectivity index (χ1v) is 6.68. The van der Waals surface area contributed by atoms with Gasteiger partial charge in [0.15, 0.2) is 0 Å². The van der Waals surface area contributed by atoms with Gasteiger partial charge in [0.05, 0.1) is 10.4 Å². The third-order valence-corrected chi connectivity index (χ3v) is 3.63. The number of halogens is 1. The molecule has 0 fully saturated rings. The van der Waals surface area contributed by atoms with Crippen molar-refractivity contribution < 1.29 is 0 Å². The van der Waals surface area contributed by atoms with E-state index in [2.05, 4.69) is 50.9 Å². The van der Waals surface area contributed by atoms with Crippen LogP contribution in [0.1, 0.15) is 6.42 Å². The van der Waals surface area contributed by atoms with Crippen LogP contribution in [-0.4, -0.2) is 11.9 Å². The fourth-order valence-corrected chi connectivity index (χ4v) is 2.59. The molecule has 1 aromatic carbocycles. The second-order valence-corrected chi connectivity index (χ2v) is 4.82. The summed E-state index contributed by atoms with van der Waals surface area (Å²) in [6.07, 6.45) is 1.15. The quantitative estimate of drug-likeness (QED) is 0.651. The van der Waals surface area contributed by atoms with Gasteiger partial charge in [-0.3, -0.25) is 0 Å². The molecule has 0 aliphatic rings. The number of anilines is 1. The molecule has 1 N–H and O–H groups in total. The Kier molecular flexibility index (Phi) is 3.43. The zero-order valence-corrected chi connectivity index (χ0v) is 10.2. The van der Waals surface area contributed by atoms with Crippen LogP contribution in [0.3, 0.4) is 0 Å². The van der Waals surface area contributed by atoms with E-state index in [4.69, 9.17) is 0 Å². The summed E-state index contributed by atoms with van der Waals surface area (Å²) >= 11 is 5.23. The third-order valence-electron chi connectivity index (χ3n) is 2.10. The highest BCUT2D eigenvalue weighted by molar-refractivity contribution is 9.09. The minimum absolute atomic E-state index is 1.03. The maximum Gasteiger partial charge on any atom is 0.0574 e. The number of thiophene rings is 1. The molecule has 0 saturated carbocycles. The lowest BCUT2D eigenvalue weighted by molar-refractivity contribution is 1.00. The maximum absolute atomic E-state index is 3.46. The Balaban J connectivity index is 2.19. The summed E-state index contributed by atoms with van der Waals surface area (Å²) in [5.41, 5.74) is 1.26. The number of rotatable bonds is 4. The highest BCUT2D eigenvalue weighted by Crippen LogP contribution is 2.28. The van der Waals surface area contributed by atoms with E-state index in [1.807, 2.05) is 0 Å². The van der Waals surface area contributed by atoms with E-state index < -0.39 is 0 Å². The Morgan fingerprint density at radius 2 is 2.21 bits per heavy atom. The highest BCUT2D eigenvalue weighted by atomic mass is 79.9. The molecule has 0 radical (unpaired) electrons. The van der Waals surface area contributed by atoms with Crippen molar-refractivity contribution in [1.82, 2.24) is 0 Å². The summed E-state index contributed by atoms with van der Waals surface area (Å²) < 4.78 is 1.36. The van der Waals surface area contributed by atoms with Crippen molar-refractivity contribution in [2.24, 2.45) is 0 Å². The standard InChI is InChI=1S/C11H12BrNS/c12-6-2-7-13-10-4-1-3-9-5-8-14-11(9)10/h1,3-5,8,13H,2,6-7H2. The number of fused-ring (bicyclic) bond motifs is 1. The van der Waals surface area contributed by atoms with E-state index in [9.17, 15) is 0 Å². The lowest BCUT2D eigenvalue weighted by atomic mass is 10.2. The van der Waals surface area contributed by atoms with E-state index in [-0.39, 0.29) is 0 Å². The van der Waals surface area contributed by atoms with Crippen molar-refractivity contribution in [3.8, 4) is 0 Å². The molecule has 0 bridgehead atoms. The number of nitrogens with one attached hydrogen (secondary N) is 1. The molecule has 1 heterocycles. The predicted molar refractivity (Wildman–Crippen MR) is 68.7 cm³/mol. The predicted octanol–water partition coefficient (Wildman–Crippen LogP) is 4.10. The normalized spacial score (nSPS) is 10.6. The molecule has 0 spiro atoms. The van der Waals surface area contributed by atoms with Crippen LogP contribution in [0.15, 0.2) is 29.6 Å². The monoisotopic (exact) mass is 269 g/mol. The van der Waals surface area contributed by atoms with Gasteiger partial charge >= 0.3 is 0 Å². The molecular weight excluding hydrogens is 258 g/mol. The smallest absolute Gasteiger partial charge is 0.0574 e. The topological polar surface area (TPSA) is 12.0 Å². The second kappa shape index (κ2) is 4.80. The van der Waals surface area contributed by atoms with Gasteiger partial charge in [0.25, 0.3) is 0 Å². The van der Waals surface area contributed by atoms with Crippen molar-refractivity contribution in [1.29, 1.82) is 0 Å². The van der Waals surface area contributed by atoms with Crippen LogP contribution in [0, 0.1) is 0 Å². The van der Waals surface area contributed by atoms with E-state index >= 15 is 0 Å². The lowest BCUT2D eigenvalue weighted by Gasteiger charge is -2.05. The Bertz CT molecular complexity index is 410. The number of hydrogen-bond donors (Lipinski definition) is 1. The average Bonchev–Trinajstić information content (AvgIpc) is 2.67. The zero-order chi connectivity index (χ0) is 9.80. The second-order valence-electron chi connectivity index (χ2n) is 3.11. The molecule has 0 saturated heterocycles. The first-order valence-electron chi connectivity index (χ1n) is 4.68. The van der Waals surface area contributed by atoms with Crippen molar-refractivity contribution in [3.05, 3.63) is 29.6 Å². The van der Waals surface area contributed by atoms with Crippen LogP contribution in [0.5, 0.6) is 0 Å². The Morgan fingerprint density at radius 1 is 1.29 bits per heavy atom. The SMILES string of the molecule is BrCCCNc1cccc2ccsc12. The molecule has 0 aliphatic carbocycles. The lowest BCUT2D eigenvalue weighted by Crippen LogP contribution is -2.01. The Hall–Kier alpha value is -0.540. The number of benzene rings is 1. The van der Waals surface area contributed by atoms with Gasteiger partial charge in [-0.25, -0.2) is 0 Å². The average molecular weight is 270 g/mol. The van der Waals surface area contributed by atoms with Crippen LogP contribution < -0.4 is 5.32 Å². The molecule has 0 atom stereocenters. The van der Waals surface area contributed by atoms with E-state index in [0.29, 0.717) is 0 Å². The largest absolute Gasteiger partial charge is 0.384 e. The minimum Gasteiger partial charge on any atom is -0.384 e. The van der Waals surface area contributed by atoms with E-state index in [1.165, 1.54) is 15.8 Å². The summed E-state index contributed by atoms with van der Waals surface area (Å²) in [4.78, 5) is 0. The molecular formula is C11H12BrNS. The summed E-state index contributed by atoms with van der Waals surface area (Å²) in [6, 6.07) is 8.57. The zero-order valence-electron chi connectivity index (χ0n) is 7.79. The summed E-state index contributed by atoms with van der Waals surface area (Å²) in [5, 5.41) is 7.98. The van der Waals surface area contributed by atoms with E-state index in [1.54, 1.807) is 11.3 Å². The first-order chi connectivity index (χ1) is 6.92. The van der Waals surface area contributed by atoms with Gasteiger partial charge in [-0.2, -0.15) is 0 Å². The van der Waals surface area contributed by atoms with Gasteiger partial charge in [-0.15, -0.1) is 11.3 Å². The van der Waals surface area contributed by atoms with Crippen molar-refractivity contribution in [2.45, 2.75) is 6.42 Å². The van der Waals surface area contributed by atoms with Crippen molar-refractivity contribution in [2.75, 3.05) is 17.2 Å². The van der Waals surface area contributed by atoms with Crippen molar-refractivity contribution >= 4 is 43.0 Å². The highest BCUT2D eigenvalue weighted by Gasteiger charge is 2.00. The van der Waals surface area contributed by atoms with Crippen LogP contribution in [-0.2, 0) is 0 Å². The first kappa shape index (κ1) is 9.99. The van der Waals surface area contributed by atoms with Gasteiger partial charge in [0, 0.05) is 11.9 Å². The Morgan fingerprint density at radius 3 is 3.07 bits per heavy atom. The van der Waals surface area contributed by atoms with Gasteiger partial charge in [-0.05, 0) is 29.3 Å². The molecule has 0 amide bonds. The summed E-state index contributed by atoms with van der Waals surface area (Å²) in [7, 11) is 0. The molecule has 74 valence electrons. The molecule has 2 rings (SSSR count). The molecule has 1 aromatic heterocycles. The van der Waals surface area contributed by atoms with Gasteiger partial charge < -0.3 is 5.32 Å².